The minimum absolute atomic E-state index is 0.0161. The Labute approximate surface area is 109 Å². The molecular formula is C11H20N2O4S. The van der Waals surface area contributed by atoms with Crippen LogP contribution in [0.1, 0.15) is 32.6 Å². The highest BCUT2D eigenvalue weighted by Crippen LogP contribution is 2.31. The first-order valence-electron chi connectivity index (χ1n) is 5.99. The first-order valence-corrected chi connectivity index (χ1v) is 7.61. The molecule has 0 aromatic carbocycles. The molecule has 0 aromatic rings. The maximum Gasteiger partial charge on any atom is 0.329 e. The summed E-state index contributed by atoms with van der Waals surface area (Å²) in [7, 11) is -0.908. The van der Waals surface area contributed by atoms with Gasteiger partial charge in [-0.15, -0.1) is 0 Å². The molecule has 18 heavy (non-hydrogen) atoms. The van der Waals surface area contributed by atoms with Crippen LogP contribution in [0.2, 0.25) is 0 Å². The summed E-state index contributed by atoms with van der Waals surface area (Å²) >= 11 is 0. The van der Waals surface area contributed by atoms with Crippen molar-refractivity contribution in [3.63, 3.8) is 0 Å². The molecule has 1 saturated carbocycles. The number of carbonyl (C=O) groups is 2. The summed E-state index contributed by atoms with van der Waals surface area (Å²) in [6.07, 6.45) is 4.00. The fourth-order valence-corrected chi connectivity index (χ4v) is 2.19. The van der Waals surface area contributed by atoms with Gasteiger partial charge in [0.2, 0.25) is 0 Å². The molecule has 0 aliphatic heterocycles. The average Bonchev–Trinajstić information content (AvgIpc) is 2.22. The Morgan fingerprint density at radius 3 is 2.44 bits per heavy atom. The second-order valence-corrected chi connectivity index (χ2v) is 6.52. The third kappa shape index (κ3) is 3.69. The number of amides is 2. The highest BCUT2D eigenvalue weighted by molar-refractivity contribution is 7.84. The van der Waals surface area contributed by atoms with E-state index in [-0.39, 0.29) is 5.25 Å². The summed E-state index contributed by atoms with van der Waals surface area (Å²) < 4.78 is 11.1. The minimum atomic E-state index is -1.08. The Bertz CT molecular complexity index is 355. The van der Waals surface area contributed by atoms with E-state index in [1.807, 2.05) is 6.92 Å². The average molecular weight is 276 g/mol. The Balaban J connectivity index is 2.29. The van der Waals surface area contributed by atoms with E-state index in [4.69, 9.17) is 5.11 Å². The molecular weight excluding hydrogens is 256 g/mol. The first kappa shape index (κ1) is 14.9. The van der Waals surface area contributed by atoms with Crippen LogP contribution in [-0.2, 0) is 15.6 Å². The molecule has 0 saturated heterocycles. The van der Waals surface area contributed by atoms with Gasteiger partial charge in [-0.2, -0.15) is 0 Å². The predicted molar refractivity (Wildman–Crippen MR) is 68.9 cm³/mol. The number of carbonyl (C=O) groups excluding carboxylic acids is 1. The van der Waals surface area contributed by atoms with Crippen molar-refractivity contribution in [3.05, 3.63) is 0 Å². The van der Waals surface area contributed by atoms with Crippen LogP contribution in [0.3, 0.4) is 0 Å². The van der Waals surface area contributed by atoms with Crippen LogP contribution in [0.25, 0.3) is 0 Å². The van der Waals surface area contributed by atoms with Gasteiger partial charge in [-0.3, -0.25) is 4.21 Å². The standard InChI is InChI=1S/C11H20N2O4S/c1-8(18(2)17)4-7-12-10(16)13-11(9(14)15)5-3-6-11/h8H,3-7H2,1-2H3,(H,14,15)(H2,12,13,16). The molecule has 104 valence electrons. The zero-order chi connectivity index (χ0) is 13.8. The highest BCUT2D eigenvalue weighted by atomic mass is 32.2. The number of rotatable bonds is 6. The Morgan fingerprint density at radius 1 is 1.44 bits per heavy atom. The second-order valence-electron chi connectivity index (χ2n) is 4.72. The van der Waals surface area contributed by atoms with Crippen molar-refractivity contribution in [2.75, 3.05) is 12.8 Å². The summed E-state index contributed by atoms with van der Waals surface area (Å²) in [5, 5.41) is 14.2. The number of nitrogens with one attached hydrogen (secondary N) is 2. The molecule has 1 aliphatic rings. The maximum atomic E-state index is 11.5. The largest absolute Gasteiger partial charge is 0.480 e. The Hall–Kier alpha value is -1.11. The summed E-state index contributed by atoms with van der Waals surface area (Å²) in [6.45, 7) is 2.24. The maximum absolute atomic E-state index is 11.5. The zero-order valence-electron chi connectivity index (χ0n) is 10.7. The van der Waals surface area contributed by atoms with Gasteiger partial charge in [0.05, 0.1) is 0 Å². The van der Waals surface area contributed by atoms with Gasteiger partial charge in [0.25, 0.3) is 0 Å². The molecule has 1 rings (SSSR count). The van der Waals surface area contributed by atoms with Crippen molar-refractivity contribution < 1.29 is 18.9 Å². The molecule has 2 atom stereocenters. The number of hydrogen-bond acceptors (Lipinski definition) is 3. The molecule has 7 heteroatoms. The third-order valence-corrected chi connectivity index (χ3v) is 4.74. The summed E-state index contributed by atoms with van der Waals surface area (Å²) in [5.41, 5.74) is -1.08. The number of aliphatic carboxylic acids is 1. The smallest absolute Gasteiger partial charge is 0.329 e. The topological polar surface area (TPSA) is 95.5 Å². The van der Waals surface area contributed by atoms with E-state index in [2.05, 4.69) is 10.6 Å². The van der Waals surface area contributed by atoms with E-state index < -0.39 is 28.3 Å². The van der Waals surface area contributed by atoms with Gasteiger partial charge < -0.3 is 15.7 Å². The molecule has 3 N–H and O–H groups in total. The van der Waals surface area contributed by atoms with Crippen LogP contribution < -0.4 is 10.6 Å². The van der Waals surface area contributed by atoms with Crippen molar-refractivity contribution in [3.8, 4) is 0 Å². The molecule has 6 nitrogen and oxygen atoms in total. The second kappa shape index (κ2) is 6.17. The van der Waals surface area contributed by atoms with Gasteiger partial charge in [-0.25, -0.2) is 9.59 Å². The van der Waals surface area contributed by atoms with E-state index in [0.29, 0.717) is 25.8 Å². The van der Waals surface area contributed by atoms with Gasteiger partial charge in [0.1, 0.15) is 5.54 Å². The van der Waals surface area contributed by atoms with Crippen molar-refractivity contribution in [2.45, 2.75) is 43.4 Å². The van der Waals surface area contributed by atoms with Crippen LogP contribution in [0.5, 0.6) is 0 Å². The molecule has 0 spiro atoms. The van der Waals surface area contributed by atoms with E-state index in [1.54, 1.807) is 6.26 Å². The van der Waals surface area contributed by atoms with Crippen molar-refractivity contribution >= 4 is 22.8 Å². The third-order valence-electron chi connectivity index (χ3n) is 3.37. The molecule has 1 aliphatic carbocycles. The predicted octanol–water partition coefficient (Wildman–Crippen LogP) is 0.450. The van der Waals surface area contributed by atoms with E-state index >= 15 is 0 Å². The molecule has 2 unspecified atom stereocenters. The molecule has 0 heterocycles. The fraction of sp³-hybridized carbons (Fsp3) is 0.818. The van der Waals surface area contributed by atoms with Gasteiger partial charge in [-0.1, -0.05) is 6.92 Å². The Kier molecular flexibility index (Phi) is 5.13. The SMILES string of the molecule is CC(CCNC(=O)NC1(C(=O)O)CCC1)S(C)=O. The summed E-state index contributed by atoms with van der Waals surface area (Å²) in [6, 6.07) is -0.466. The van der Waals surface area contributed by atoms with Gasteiger partial charge in [0.15, 0.2) is 0 Å². The number of hydrogen-bond donors (Lipinski definition) is 3. The fourth-order valence-electron chi connectivity index (χ4n) is 1.74. The van der Waals surface area contributed by atoms with E-state index in [1.165, 1.54) is 0 Å². The van der Waals surface area contributed by atoms with Crippen LogP contribution in [0.4, 0.5) is 4.79 Å². The quantitative estimate of drug-likeness (QED) is 0.656. The monoisotopic (exact) mass is 276 g/mol. The van der Waals surface area contributed by atoms with E-state index in [0.717, 1.165) is 6.42 Å². The lowest BCUT2D eigenvalue weighted by atomic mass is 9.77. The van der Waals surface area contributed by atoms with Crippen LogP contribution in [0.15, 0.2) is 0 Å². The van der Waals surface area contributed by atoms with Crippen LogP contribution in [0, 0.1) is 0 Å². The van der Waals surface area contributed by atoms with Crippen molar-refractivity contribution in [2.24, 2.45) is 0 Å². The normalized spacial score (nSPS) is 20.3. The lowest BCUT2D eigenvalue weighted by Crippen LogP contribution is -2.61. The first-order chi connectivity index (χ1) is 8.37. The van der Waals surface area contributed by atoms with Crippen LogP contribution in [-0.4, -0.2) is 44.9 Å². The van der Waals surface area contributed by atoms with Crippen LogP contribution >= 0.6 is 0 Å². The summed E-state index contributed by atoms with van der Waals surface area (Å²) in [4.78, 5) is 22.6. The molecule has 0 aromatic heterocycles. The summed E-state index contributed by atoms with van der Waals surface area (Å²) in [5.74, 6) is -0.980. The van der Waals surface area contributed by atoms with Gasteiger partial charge in [-0.05, 0) is 25.7 Å². The van der Waals surface area contributed by atoms with Crippen molar-refractivity contribution in [1.29, 1.82) is 0 Å². The Morgan fingerprint density at radius 2 is 2.06 bits per heavy atom. The lowest BCUT2D eigenvalue weighted by molar-refractivity contribution is -0.148. The minimum Gasteiger partial charge on any atom is -0.480 e. The van der Waals surface area contributed by atoms with Crippen molar-refractivity contribution in [1.82, 2.24) is 10.6 Å². The number of carboxylic acid groups (broad SMARTS) is 1. The number of carboxylic acids is 1. The highest BCUT2D eigenvalue weighted by Gasteiger charge is 2.45. The molecule has 0 radical (unpaired) electrons. The molecule has 0 bridgehead atoms. The lowest BCUT2D eigenvalue weighted by Gasteiger charge is -2.38. The number of urea groups is 1. The molecule has 1 fully saturated rings. The van der Waals surface area contributed by atoms with Gasteiger partial charge >= 0.3 is 12.0 Å². The zero-order valence-corrected chi connectivity index (χ0v) is 11.5. The van der Waals surface area contributed by atoms with E-state index in [9.17, 15) is 13.8 Å². The molecule has 2 amide bonds. The van der Waals surface area contributed by atoms with Gasteiger partial charge in [0, 0.05) is 28.9 Å².